The summed E-state index contributed by atoms with van der Waals surface area (Å²) in [6.07, 6.45) is 0. The summed E-state index contributed by atoms with van der Waals surface area (Å²) in [7, 11) is 0. The van der Waals surface area contributed by atoms with E-state index in [0.717, 1.165) is 10.4 Å². The molecule has 6 heteroatoms. The largest absolute Gasteiger partial charge is 0.412 e. The van der Waals surface area contributed by atoms with Crippen LogP contribution in [0.4, 0.5) is 0 Å². The lowest BCUT2D eigenvalue weighted by Crippen LogP contribution is -2.22. The lowest BCUT2D eigenvalue weighted by molar-refractivity contribution is 0.0917. The number of carbonyl (C=O) groups excluding carboxylic acids is 1. The van der Waals surface area contributed by atoms with Gasteiger partial charge in [-0.2, -0.15) is 0 Å². The van der Waals surface area contributed by atoms with Crippen molar-refractivity contribution >= 4 is 17.2 Å². The molecule has 1 amide bonds. The van der Waals surface area contributed by atoms with Gasteiger partial charge < -0.3 is 9.73 Å². The Morgan fingerprint density at radius 3 is 2.54 bits per heavy atom. The Morgan fingerprint density at radius 2 is 1.92 bits per heavy atom. The third-order valence-corrected chi connectivity index (χ3v) is 4.50. The molecule has 1 N–H and O–H groups in total. The van der Waals surface area contributed by atoms with Crippen LogP contribution in [-0.4, -0.2) is 16.1 Å². The highest BCUT2D eigenvalue weighted by Crippen LogP contribution is 2.25. The predicted molar refractivity (Wildman–Crippen MR) is 93.9 cm³/mol. The Morgan fingerprint density at radius 1 is 1.17 bits per heavy atom. The van der Waals surface area contributed by atoms with Crippen LogP contribution in [0.5, 0.6) is 0 Å². The molecular weight excluding hydrogens is 322 g/mol. The molecule has 0 fully saturated rings. The van der Waals surface area contributed by atoms with Crippen LogP contribution in [0.2, 0.25) is 0 Å². The number of hydrogen-bond acceptors (Lipinski definition) is 5. The van der Waals surface area contributed by atoms with E-state index in [2.05, 4.69) is 36.3 Å². The summed E-state index contributed by atoms with van der Waals surface area (Å²) in [6, 6.07) is 11.8. The van der Waals surface area contributed by atoms with E-state index in [9.17, 15) is 4.79 Å². The van der Waals surface area contributed by atoms with Crippen LogP contribution in [0, 0.1) is 0 Å². The van der Waals surface area contributed by atoms with Gasteiger partial charge in [-0.05, 0) is 34.6 Å². The quantitative estimate of drug-likeness (QED) is 0.778. The molecule has 0 saturated heterocycles. The van der Waals surface area contributed by atoms with E-state index in [1.54, 1.807) is 11.3 Å². The second-order valence-electron chi connectivity index (χ2n) is 6.50. The Bertz CT molecular complexity index is 815. The Hall–Kier alpha value is -2.47. The molecule has 24 heavy (non-hydrogen) atoms. The van der Waals surface area contributed by atoms with E-state index in [4.69, 9.17) is 4.42 Å². The molecule has 0 bridgehead atoms. The van der Waals surface area contributed by atoms with Crippen molar-refractivity contribution in [2.75, 3.05) is 0 Å². The molecule has 3 rings (SSSR count). The minimum absolute atomic E-state index is 0.0264. The fourth-order valence-electron chi connectivity index (χ4n) is 2.20. The zero-order chi connectivity index (χ0) is 17.2. The predicted octanol–water partition coefficient (Wildman–Crippen LogP) is 4.03. The van der Waals surface area contributed by atoms with Crippen molar-refractivity contribution in [1.29, 1.82) is 0 Å². The summed E-state index contributed by atoms with van der Waals surface area (Å²) < 4.78 is 5.50. The van der Waals surface area contributed by atoms with Crippen LogP contribution in [0.3, 0.4) is 0 Å². The number of carbonyl (C=O) groups is 1. The number of amides is 1. The first-order chi connectivity index (χ1) is 11.4. The number of nitrogens with zero attached hydrogens (tertiary/aromatic N) is 2. The zero-order valence-corrected chi connectivity index (χ0v) is 14.7. The molecule has 0 atom stereocenters. The third kappa shape index (κ3) is 3.71. The van der Waals surface area contributed by atoms with Crippen LogP contribution in [0.1, 0.15) is 41.9 Å². The van der Waals surface area contributed by atoms with Crippen LogP contribution in [0.25, 0.3) is 11.5 Å². The van der Waals surface area contributed by atoms with Gasteiger partial charge >= 0.3 is 11.8 Å². The molecule has 0 saturated carbocycles. The first-order valence-corrected chi connectivity index (χ1v) is 8.56. The third-order valence-electron chi connectivity index (χ3n) is 3.62. The molecular formula is C18H19N3O2S. The molecule has 0 unspecified atom stereocenters. The zero-order valence-electron chi connectivity index (χ0n) is 13.9. The van der Waals surface area contributed by atoms with E-state index < -0.39 is 0 Å². The fourth-order valence-corrected chi connectivity index (χ4v) is 2.85. The molecule has 0 aliphatic rings. The number of rotatable bonds is 4. The van der Waals surface area contributed by atoms with Crippen molar-refractivity contribution in [3.63, 3.8) is 0 Å². The van der Waals surface area contributed by atoms with Gasteiger partial charge in [-0.3, -0.25) is 4.79 Å². The topological polar surface area (TPSA) is 68.0 Å². The summed E-state index contributed by atoms with van der Waals surface area (Å²) in [6.45, 7) is 6.93. The summed E-state index contributed by atoms with van der Waals surface area (Å²) in [5.74, 6) is -0.0494. The van der Waals surface area contributed by atoms with Crippen LogP contribution in [0.15, 0.2) is 46.2 Å². The van der Waals surface area contributed by atoms with Gasteiger partial charge in [0, 0.05) is 10.4 Å². The number of aromatic nitrogens is 2. The minimum atomic E-state index is -0.367. The van der Waals surface area contributed by atoms with Crippen LogP contribution < -0.4 is 5.32 Å². The second kappa shape index (κ2) is 6.57. The summed E-state index contributed by atoms with van der Waals surface area (Å²) >= 11 is 1.58. The van der Waals surface area contributed by atoms with Crippen molar-refractivity contribution in [2.45, 2.75) is 32.7 Å². The van der Waals surface area contributed by atoms with Crippen molar-refractivity contribution in [2.24, 2.45) is 0 Å². The highest BCUT2D eigenvalue weighted by Gasteiger charge is 2.17. The lowest BCUT2D eigenvalue weighted by atomic mass is 9.87. The second-order valence-corrected chi connectivity index (χ2v) is 7.53. The Balaban J connectivity index is 1.69. The molecule has 1 aromatic carbocycles. The maximum atomic E-state index is 12.1. The first kappa shape index (κ1) is 16.4. The molecule has 0 aliphatic heterocycles. The van der Waals surface area contributed by atoms with Gasteiger partial charge in [-0.25, -0.2) is 0 Å². The van der Waals surface area contributed by atoms with Gasteiger partial charge in [0.2, 0.25) is 5.89 Å². The molecule has 2 heterocycles. The van der Waals surface area contributed by atoms with Gasteiger partial charge in [-0.1, -0.05) is 39.0 Å². The van der Waals surface area contributed by atoms with Crippen LogP contribution >= 0.6 is 11.3 Å². The smallest absolute Gasteiger partial charge is 0.309 e. The van der Waals surface area contributed by atoms with E-state index in [0.29, 0.717) is 12.4 Å². The molecule has 124 valence electrons. The monoisotopic (exact) mass is 341 g/mol. The highest BCUT2D eigenvalue weighted by molar-refractivity contribution is 7.09. The Labute approximate surface area is 144 Å². The molecule has 5 nitrogen and oxygen atoms in total. The van der Waals surface area contributed by atoms with E-state index >= 15 is 0 Å². The maximum Gasteiger partial charge on any atom is 0.309 e. The standard InChI is InChI=1S/C18H19N3O2S/c1-18(2,3)13-8-6-12(7-9-13)16-20-21-17(23-16)15(22)19-11-14-5-4-10-24-14/h4-10H,11H2,1-3H3,(H,19,22). The van der Waals surface area contributed by atoms with Gasteiger partial charge in [-0.15, -0.1) is 21.5 Å². The average Bonchev–Trinajstić information content (AvgIpc) is 3.23. The normalized spacial score (nSPS) is 11.5. The van der Waals surface area contributed by atoms with Crippen molar-refractivity contribution in [3.05, 3.63) is 58.1 Å². The fraction of sp³-hybridized carbons (Fsp3) is 0.278. The number of benzene rings is 1. The summed E-state index contributed by atoms with van der Waals surface area (Å²) in [5, 5.41) is 12.5. The molecule has 0 radical (unpaired) electrons. The first-order valence-electron chi connectivity index (χ1n) is 7.68. The van der Waals surface area contributed by atoms with Gasteiger partial charge in [0.1, 0.15) is 0 Å². The van der Waals surface area contributed by atoms with Gasteiger partial charge in [0.25, 0.3) is 0 Å². The maximum absolute atomic E-state index is 12.1. The van der Waals surface area contributed by atoms with E-state index in [1.165, 1.54) is 5.56 Å². The molecule has 3 aromatic rings. The van der Waals surface area contributed by atoms with E-state index in [-0.39, 0.29) is 17.2 Å². The lowest BCUT2D eigenvalue weighted by Gasteiger charge is -2.18. The van der Waals surface area contributed by atoms with Crippen molar-refractivity contribution < 1.29 is 9.21 Å². The number of thiophene rings is 1. The SMILES string of the molecule is CC(C)(C)c1ccc(-c2nnc(C(=O)NCc3cccs3)o2)cc1. The van der Waals surface area contributed by atoms with Gasteiger partial charge in [0.05, 0.1) is 6.54 Å². The highest BCUT2D eigenvalue weighted by atomic mass is 32.1. The van der Waals surface area contributed by atoms with Gasteiger partial charge in [0.15, 0.2) is 0 Å². The molecule has 0 aliphatic carbocycles. The summed E-state index contributed by atoms with van der Waals surface area (Å²) in [5.41, 5.74) is 2.10. The average molecular weight is 341 g/mol. The van der Waals surface area contributed by atoms with Crippen molar-refractivity contribution in [1.82, 2.24) is 15.5 Å². The van der Waals surface area contributed by atoms with Crippen LogP contribution in [-0.2, 0) is 12.0 Å². The number of nitrogens with one attached hydrogen (secondary N) is 1. The number of hydrogen-bond donors (Lipinski definition) is 1. The molecule has 0 spiro atoms. The van der Waals surface area contributed by atoms with Crippen molar-refractivity contribution in [3.8, 4) is 11.5 Å². The minimum Gasteiger partial charge on any atom is -0.412 e. The summed E-state index contributed by atoms with van der Waals surface area (Å²) in [4.78, 5) is 13.1. The van der Waals surface area contributed by atoms with E-state index in [1.807, 2.05) is 41.8 Å². The molecule has 2 aromatic heterocycles. The Kier molecular flexibility index (Phi) is 4.49.